The molecule has 0 saturated heterocycles. The first-order valence-corrected chi connectivity index (χ1v) is 8.96. The Bertz CT molecular complexity index is 1110. The zero-order valence-corrected chi connectivity index (χ0v) is 15.3. The summed E-state index contributed by atoms with van der Waals surface area (Å²) in [6.07, 6.45) is -3.32. The second-order valence-corrected chi connectivity index (χ2v) is 6.65. The van der Waals surface area contributed by atoms with Gasteiger partial charge >= 0.3 is 6.18 Å². The number of amides is 1. The first-order chi connectivity index (χ1) is 13.8. The van der Waals surface area contributed by atoms with Gasteiger partial charge in [-0.15, -0.1) is 11.3 Å². The van der Waals surface area contributed by atoms with Crippen LogP contribution in [-0.2, 0) is 11.0 Å². The average Bonchev–Trinajstić information content (AvgIpc) is 3.14. The Morgan fingerprint density at radius 2 is 1.90 bits per heavy atom. The van der Waals surface area contributed by atoms with Crippen LogP contribution in [0.1, 0.15) is 11.3 Å². The predicted octanol–water partition coefficient (Wildman–Crippen LogP) is 5.51. The molecule has 3 aromatic rings. The van der Waals surface area contributed by atoms with E-state index in [9.17, 15) is 27.6 Å². The zero-order valence-electron chi connectivity index (χ0n) is 14.5. The van der Waals surface area contributed by atoms with Crippen molar-refractivity contribution in [3.05, 3.63) is 76.6 Å². The molecule has 0 atom stereocenters. The van der Waals surface area contributed by atoms with Crippen LogP contribution in [-0.4, -0.2) is 10.9 Å². The highest BCUT2D eigenvalue weighted by molar-refractivity contribution is 7.13. The van der Waals surface area contributed by atoms with Crippen LogP contribution in [0.4, 0.5) is 23.2 Å². The number of carbonyl (C=O) groups is 1. The number of nitrogens with zero attached hydrogens (tertiary/aromatic N) is 2. The molecule has 1 aromatic heterocycles. The summed E-state index contributed by atoms with van der Waals surface area (Å²) in [5.74, 6) is -1.24. The van der Waals surface area contributed by atoms with E-state index in [4.69, 9.17) is 0 Å². The third-order valence-electron chi connectivity index (χ3n) is 3.72. The predicted molar refractivity (Wildman–Crippen MR) is 101 cm³/mol. The van der Waals surface area contributed by atoms with Crippen molar-refractivity contribution in [3.63, 3.8) is 0 Å². The van der Waals surface area contributed by atoms with Gasteiger partial charge in [0.2, 0.25) is 0 Å². The molecule has 0 spiro atoms. The third kappa shape index (κ3) is 5.06. The number of anilines is 1. The van der Waals surface area contributed by atoms with Gasteiger partial charge in [-0.3, -0.25) is 4.79 Å². The van der Waals surface area contributed by atoms with Crippen molar-refractivity contribution in [3.8, 4) is 16.6 Å². The summed E-state index contributed by atoms with van der Waals surface area (Å²) in [5.41, 5.74) is -0.330. The molecule has 0 radical (unpaired) electrons. The summed E-state index contributed by atoms with van der Waals surface area (Å²) in [5, 5.41) is 13.7. The molecule has 0 fully saturated rings. The van der Waals surface area contributed by atoms with E-state index in [1.807, 2.05) is 0 Å². The third-order valence-corrected chi connectivity index (χ3v) is 4.63. The first-order valence-electron chi connectivity index (χ1n) is 8.08. The molecule has 0 aliphatic heterocycles. The van der Waals surface area contributed by atoms with Crippen LogP contribution >= 0.6 is 11.3 Å². The lowest BCUT2D eigenvalue weighted by molar-refractivity contribution is -0.137. The van der Waals surface area contributed by atoms with E-state index >= 15 is 0 Å². The minimum absolute atomic E-state index is 0.0868. The molecule has 29 heavy (non-hydrogen) atoms. The van der Waals surface area contributed by atoms with Crippen molar-refractivity contribution >= 4 is 29.0 Å². The van der Waals surface area contributed by atoms with Crippen molar-refractivity contribution in [2.45, 2.75) is 6.18 Å². The molecular formula is C20H11F4N3OS. The van der Waals surface area contributed by atoms with Crippen LogP contribution in [0.25, 0.3) is 16.6 Å². The smallest absolute Gasteiger partial charge is 0.321 e. The fourth-order valence-corrected chi connectivity index (χ4v) is 3.13. The number of hydrogen-bond donors (Lipinski definition) is 1. The van der Waals surface area contributed by atoms with Gasteiger partial charge in [-0.05, 0) is 48.5 Å². The molecule has 0 bridgehead atoms. The number of carbonyl (C=O) groups excluding carboxylic acids is 1. The molecule has 1 amide bonds. The summed E-state index contributed by atoms with van der Waals surface area (Å²) < 4.78 is 51.3. The number of hydrogen-bond acceptors (Lipinski definition) is 4. The SMILES string of the molecule is N#CC(=Cc1csc(-c2ccc(F)cc2)n1)C(=O)Nc1cccc(C(F)(F)F)c1. The average molecular weight is 417 g/mol. The standard InChI is InChI=1S/C20H11F4N3OS/c21-15-6-4-12(5-7-15)19-27-17(11-29-19)8-13(10-25)18(28)26-16-3-1-2-14(9-16)20(22,23)24/h1-9,11H,(H,26,28). The Kier molecular flexibility index (Phi) is 5.75. The number of thiazole rings is 1. The lowest BCUT2D eigenvalue weighted by atomic mass is 10.1. The molecule has 2 aromatic carbocycles. The summed E-state index contributed by atoms with van der Waals surface area (Å²) in [7, 11) is 0. The van der Waals surface area contributed by atoms with Gasteiger partial charge in [0.05, 0.1) is 11.3 Å². The van der Waals surface area contributed by atoms with Crippen molar-refractivity contribution in [1.82, 2.24) is 4.98 Å². The fraction of sp³-hybridized carbons (Fsp3) is 0.0500. The molecule has 0 saturated carbocycles. The molecule has 3 rings (SSSR count). The van der Waals surface area contributed by atoms with E-state index < -0.39 is 17.6 Å². The summed E-state index contributed by atoms with van der Waals surface area (Å²) >= 11 is 1.24. The normalized spacial score (nSPS) is 11.8. The van der Waals surface area contributed by atoms with Crippen molar-refractivity contribution in [2.24, 2.45) is 0 Å². The van der Waals surface area contributed by atoms with Crippen molar-refractivity contribution < 1.29 is 22.4 Å². The number of nitriles is 1. The molecular weight excluding hydrogens is 406 g/mol. The molecule has 146 valence electrons. The van der Waals surface area contributed by atoms with Gasteiger partial charge in [0, 0.05) is 16.6 Å². The number of nitrogens with one attached hydrogen (secondary N) is 1. The van der Waals surface area contributed by atoms with E-state index in [-0.39, 0.29) is 17.1 Å². The molecule has 9 heteroatoms. The highest BCUT2D eigenvalue weighted by Crippen LogP contribution is 2.31. The number of rotatable bonds is 4. The summed E-state index contributed by atoms with van der Waals surface area (Å²) in [6, 6.07) is 11.5. The lowest BCUT2D eigenvalue weighted by Crippen LogP contribution is -2.14. The number of alkyl halides is 3. The second kappa shape index (κ2) is 8.24. The summed E-state index contributed by atoms with van der Waals surface area (Å²) in [6.45, 7) is 0. The van der Waals surface area contributed by atoms with Gasteiger partial charge in [-0.1, -0.05) is 6.07 Å². The molecule has 1 heterocycles. The monoisotopic (exact) mass is 417 g/mol. The van der Waals surface area contributed by atoms with E-state index in [2.05, 4.69) is 10.3 Å². The molecule has 0 aliphatic carbocycles. The fourth-order valence-electron chi connectivity index (χ4n) is 2.35. The molecule has 1 N–H and O–H groups in total. The van der Waals surface area contributed by atoms with Crippen molar-refractivity contribution in [1.29, 1.82) is 5.26 Å². The van der Waals surface area contributed by atoms with Crippen LogP contribution in [0.2, 0.25) is 0 Å². The van der Waals surface area contributed by atoms with Crippen molar-refractivity contribution in [2.75, 3.05) is 5.32 Å². The van der Waals surface area contributed by atoms with Crippen LogP contribution in [0.15, 0.2) is 59.5 Å². The highest BCUT2D eigenvalue weighted by Gasteiger charge is 2.30. The number of halogens is 4. The highest BCUT2D eigenvalue weighted by atomic mass is 32.1. The van der Waals surface area contributed by atoms with Crippen LogP contribution in [0, 0.1) is 17.1 Å². The quantitative estimate of drug-likeness (QED) is 0.346. The zero-order chi connectivity index (χ0) is 21.0. The molecule has 0 unspecified atom stereocenters. The van der Waals surface area contributed by atoms with Gasteiger partial charge < -0.3 is 5.32 Å². The maximum absolute atomic E-state index is 13.0. The minimum Gasteiger partial charge on any atom is -0.321 e. The number of benzene rings is 2. The van der Waals surface area contributed by atoms with Crippen LogP contribution < -0.4 is 5.32 Å². The lowest BCUT2D eigenvalue weighted by Gasteiger charge is -2.09. The maximum Gasteiger partial charge on any atom is 0.416 e. The largest absolute Gasteiger partial charge is 0.416 e. The Hall–Kier alpha value is -3.51. The van der Waals surface area contributed by atoms with Gasteiger partial charge in [0.1, 0.15) is 22.5 Å². The van der Waals surface area contributed by atoms with Gasteiger partial charge in [0.15, 0.2) is 0 Å². The minimum atomic E-state index is -4.55. The van der Waals surface area contributed by atoms with Gasteiger partial charge in [-0.2, -0.15) is 18.4 Å². The number of aromatic nitrogens is 1. The Morgan fingerprint density at radius 1 is 1.17 bits per heavy atom. The van der Waals surface area contributed by atoms with E-state index in [1.54, 1.807) is 23.6 Å². The molecule has 4 nitrogen and oxygen atoms in total. The Morgan fingerprint density at radius 3 is 2.55 bits per heavy atom. The van der Waals surface area contributed by atoms with Gasteiger partial charge in [0.25, 0.3) is 5.91 Å². The first kappa shape index (κ1) is 20.2. The van der Waals surface area contributed by atoms with E-state index in [1.165, 1.54) is 35.6 Å². The summed E-state index contributed by atoms with van der Waals surface area (Å²) in [4.78, 5) is 16.5. The maximum atomic E-state index is 13.0. The van der Waals surface area contributed by atoms with Crippen LogP contribution in [0.3, 0.4) is 0 Å². The second-order valence-electron chi connectivity index (χ2n) is 5.79. The van der Waals surface area contributed by atoms with E-state index in [0.29, 0.717) is 16.3 Å². The Labute approximate surface area is 166 Å². The van der Waals surface area contributed by atoms with Crippen LogP contribution in [0.5, 0.6) is 0 Å². The van der Waals surface area contributed by atoms with Gasteiger partial charge in [-0.25, -0.2) is 9.37 Å². The van der Waals surface area contributed by atoms with E-state index in [0.717, 1.165) is 18.2 Å². The Balaban J connectivity index is 1.79. The topological polar surface area (TPSA) is 65.8 Å². The molecule has 0 aliphatic rings.